The standard InChI is InChI=1S/C29H37.C13H10.C10H15.2ClH.Ti/c1-18-25-22-17-19-13-9-10-14-20(19)24(22)21-15-11-12-16-23(21)29(25,8)28(6,7)27(4,5)26(18,2)3;1-3-7-12(8-4-1)11-13-9-5-2-6-10-13;1-8-5-6-9(7-8)10(2,3)4;;;/h9-11,13-15,23H,12,16-17H2,1-8H3;1-10H;6-8H,1-4H3;2*1H;/q;;;;;+2/p-2. The molecule has 0 N–H and O–H groups in total. The molecule has 55 heavy (non-hydrogen) atoms. The maximum atomic E-state index is 2.83. The Bertz CT molecular complexity index is 2160. The van der Waals surface area contributed by atoms with Crippen molar-refractivity contribution in [2.75, 3.05) is 0 Å². The van der Waals surface area contributed by atoms with E-state index in [1.165, 1.54) is 34.2 Å². The molecular weight excluding hydrogens is 743 g/mol. The summed E-state index contributed by atoms with van der Waals surface area (Å²) in [6.45, 7) is 31.5. The van der Waals surface area contributed by atoms with Gasteiger partial charge in [0.15, 0.2) is 0 Å². The van der Waals surface area contributed by atoms with Crippen molar-refractivity contribution in [1.29, 1.82) is 0 Å². The normalized spacial score (nSPS) is 27.9. The molecule has 0 spiro atoms. The second-order valence-corrected chi connectivity index (χ2v) is 24.4. The number of hydrogen-bond donors (Lipinski definition) is 0. The van der Waals surface area contributed by atoms with Crippen LogP contribution in [0.1, 0.15) is 118 Å². The van der Waals surface area contributed by atoms with Crippen LogP contribution in [0.15, 0.2) is 135 Å². The van der Waals surface area contributed by atoms with Gasteiger partial charge in [0, 0.05) is 0 Å². The molecule has 5 aliphatic rings. The third-order valence-corrected chi connectivity index (χ3v) is 22.9. The summed E-state index contributed by atoms with van der Waals surface area (Å²) in [5, 5.41) is 0. The third-order valence-electron chi connectivity index (χ3n) is 16.5. The maximum Gasteiger partial charge on any atom is -1.00 e. The van der Waals surface area contributed by atoms with Crippen molar-refractivity contribution in [2.24, 2.45) is 38.9 Å². The topological polar surface area (TPSA) is 0 Å². The number of rotatable bonds is 4. The average molecular weight is 806 g/mol. The zero-order valence-electron chi connectivity index (χ0n) is 35.4. The van der Waals surface area contributed by atoms with Gasteiger partial charge in [-0.15, -0.1) is 0 Å². The number of benzene rings is 3. The minimum atomic E-state index is -2.66. The van der Waals surface area contributed by atoms with Crippen molar-refractivity contribution in [3.8, 4) is 0 Å². The zero-order chi connectivity index (χ0) is 37.9. The van der Waals surface area contributed by atoms with E-state index in [1.807, 2.05) is 5.57 Å². The molecule has 288 valence electrons. The van der Waals surface area contributed by atoms with Crippen molar-refractivity contribution in [3.05, 3.63) is 158 Å². The van der Waals surface area contributed by atoms with Gasteiger partial charge in [0.1, 0.15) is 0 Å². The van der Waals surface area contributed by atoms with Gasteiger partial charge in [0.25, 0.3) is 0 Å². The van der Waals surface area contributed by atoms with E-state index in [9.17, 15) is 0 Å². The molecule has 0 aliphatic heterocycles. The molecule has 3 aromatic rings. The summed E-state index contributed by atoms with van der Waals surface area (Å²) < 4.78 is 3.30. The Morgan fingerprint density at radius 1 is 0.709 bits per heavy atom. The van der Waals surface area contributed by atoms with Crippen LogP contribution in [0.25, 0.3) is 5.57 Å². The number of halogens is 2. The maximum absolute atomic E-state index is 2.83. The fraction of sp³-hybridized carbons (Fsp3) is 0.442. The minimum absolute atomic E-state index is 0. The van der Waals surface area contributed by atoms with Crippen molar-refractivity contribution in [1.82, 2.24) is 0 Å². The molecule has 4 unspecified atom stereocenters. The number of hydrogen-bond acceptors (Lipinski definition) is 0. The summed E-state index contributed by atoms with van der Waals surface area (Å²) >= 11 is -2.66. The molecule has 0 aromatic heterocycles. The van der Waals surface area contributed by atoms with Gasteiger partial charge in [0.2, 0.25) is 0 Å². The molecule has 0 bridgehead atoms. The molecule has 0 heterocycles. The molecule has 0 nitrogen and oxygen atoms in total. The Labute approximate surface area is 351 Å². The van der Waals surface area contributed by atoms with Gasteiger partial charge in [-0.05, 0) is 0 Å². The average Bonchev–Trinajstić information content (AvgIpc) is 3.71. The van der Waals surface area contributed by atoms with E-state index in [4.69, 9.17) is 0 Å². The quantitative estimate of drug-likeness (QED) is 0.235. The first-order chi connectivity index (χ1) is 24.9. The van der Waals surface area contributed by atoms with Crippen LogP contribution in [0.5, 0.6) is 0 Å². The first-order valence-corrected chi connectivity index (χ1v) is 22.8. The van der Waals surface area contributed by atoms with E-state index in [0.29, 0.717) is 11.8 Å². The Balaban J connectivity index is 0.00000257. The molecule has 0 saturated heterocycles. The Kier molecular flexibility index (Phi) is 10.8. The molecule has 0 amide bonds. The molecule has 1 fully saturated rings. The van der Waals surface area contributed by atoms with Crippen molar-refractivity contribution >= 4 is 9.38 Å². The molecule has 5 aliphatic carbocycles. The summed E-state index contributed by atoms with van der Waals surface area (Å²) in [6.07, 6.45) is 13.9. The van der Waals surface area contributed by atoms with Crippen LogP contribution in [-0.2, 0) is 23.8 Å². The first kappa shape index (κ1) is 42.1. The molecule has 1 saturated carbocycles. The first-order valence-electron chi connectivity index (χ1n) is 20.4. The van der Waals surface area contributed by atoms with Crippen LogP contribution in [-0.4, -0.2) is 3.81 Å². The van der Waals surface area contributed by atoms with Gasteiger partial charge in [-0.2, -0.15) is 0 Å². The zero-order valence-corrected chi connectivity index (χ0v) is 38.5. The van der Waals surface area contributed by atoms with E-state index in [0.717, 1.165) is 12.8 Å². The van der Waals surface area contributed by atoms with E-state index in [-0.39, 0.29) is 55.6 Å². The minimum Gasteiger partial charge on any atom is -1.00 e. The van der Waals surface area contributed by atoms with Gasteiger partial charge < -0.3 is 24.8 Å². The largest absolute Gasteiger partial charge is 1.00 e. The summed E-state index contributed by atoms with van der Waals surface area (Å²) in [7, 11) is 0. The Morgan fingerprint density at radius 3 is 1.84 bits per heavy atom. The predicted molar refractivity (Wildman–Crippen MR) is 225 cm³/mol. The molecular formula is C52H62Cl2Ti. The molecule has 3 heteroatoms. The van der Waals surface area contributed by atoms with Crippen LogP contribution < -0.4 is 24.8 Å². The molecule has 8 rings (SSSR count). The molecule has 3 aromatic carbocycles. The fourth-order valence-corrected chi connectivity index (χ4v) is 19.5. The van der Waals surface area contributed by atoms with Crippen molar-refractivity contribution in [3.63, 3.8) is 0 Å². The van der Waals surface area contributed by atoms with Gasteiger partial charge >= 0.3 is 329 Å². The summed E-state index contributed by atoms with van der Waals surface area (Å²) in [6, 6.07) is 32.7. The monoisotopic (exact) mass is 804 g/mol. The van der Waals surface area contributed by atoms with E-state index in [1.54, 1.807) is 24.4 Å². The fourth-order valence-electron chi connectivity index (χ4n) is 12.2. The van der Waals surface area contributed by atoms with Crippen molar-refractivity contribution in [2.45, 2.75) is 106 Å². The predicted octanol–water partition coefficient (Wildman–Crippen LogP) is 7.95. The second kappa shape index (κ2) is 14.1. The van der Waals surface area contributed by atoms with Gasteiger partial charge in [-0.25, -0.2) is 0 Å². The SMILES string of the molecule is CC1C=C(C(C)(C)C)C=[C]1[Ti+2](=[C](c1ccccc1)c1ccccc1)[C]1(C)C2=C3Cc4ccccc4C3=C3C=CCCC3C2(C)C(C)(C)C(C)(C)C1(C)C.[Cl-].[Cl-]. The summed E-state index contributed by atoms with van der Waals surface area (Å²) in [4.78, 5) is 0. The van der Waals surface area contributed by atoms with E-state index < -0.39 is 17.4 Å². The van der Waals surface area contributed by atoms with Gasteiger partial charge in [0.05, 0.1) is 0 Å². The molecule has 4 atom stereocenters. The Hall–Kier alpha value is -2.48. The van der Waals surface area contributed by atoms with Crippen molar-refractivity contribution < 1.29 is 42.2 Å². The number of allylic oxidation sites excluding steroid dienone is 10. The van der Waals surface area contributed by atoms with Crippen LogP contribution in [0.4, 0.5) is 0 Å². The van der Waals surface area contributed by atoms with Gasteiger partial charge in [-0.1, -0.05) is 0 Å². The molecule has 0 radical (unpaired) electrons. The number of fused-ring (bicyclic) bond motifs is 6. The van der Waals surface area contributed by atoms with Crippen LogP contribution >= 0.6 is 0 Å². The van der Waals surface area contributed by atoms with Crippen LogP contribution in [0.3, 0.4) is 0 Å². The van der Waals surface area contributed by atoms with Crippen LogP contribution in [0, 0.1) is 38.9 Å². The summed E-state index contributed by atoms with van der Waals surface area (Å²) in [5.41, 5.74) is 14.1. The van der Waals surface area contributed by atoms with E-state index in [2.05, 4.69) is 192 Å². The van der Waals surface area contributed by atoms with E-state index >= 15 is 0 Å². The van der Waals surface area contributed by atoms with Gasteiger partial charge in [-0.3, -0.25) is 0 Å². The van der Waals surface area contributed by atoms with Crippen LogP contribution in [0.2, 0.25) is 3.72 Å². The smallest absolute Gasteiger partial charge is 1.00 e. The Morgan fingerprint density at radius 2 is 1.27 bits per heavy atom. The second-order valence-electron chi connectivity index (χ2n) is 20.0. The third kappa shape index (κ3) is 5.65. The summed E-state index contributed by atoms with van der Waals surface area (Å²) in [5.74, 6) is 0.878.